The summed E-state index contributed by atoms with van der Waals surface area (Å²) in [5, 5.41) is 7.22. The molecule has 0 aliphatic carbocycles. The molecule has 0 fully saturated rings. The van der Waals surface area contributed by atoms with Crippen LogP contribution in [0, 0.1) is 0 Å². The number of sulfonamides is 1. The first-order valence-corrected chi connectivity index (χ1v) is 11.1. The van der Waals surface area contributed by atoms with Crippen LogP contribution in [0.2, 0.25) is 0 Å². The van der Waals surface area contributed by atoms with Gasteiger partial charge in [-0.3, -0.25) is 14.2 Å². The number of aryl methyl sites for hydroxylation is 1. The van der Waals surface area contributed by atoms with Crippen LogP contribution in [0.3, 0.4) is 0 Å². The summed E-state index contributed by atoms with van der Waals surface area (Å²) in [6.45, 7) is 1.85. The van der Waals surface area contributed by atoms with Crippen molar-refractivity contribution in [1.82, 2.24) is 15.1 Å². The average Bonchev–Trinajstić information content (AvgIpc) is 3.02. The number of carbonyl (C=O) groups excluding carboxylic acids is 1. The molecule has 0 bridgehead atoms. The van der Waals surface area contributed by atoms with Crippen LogP contribution in [0.25, 0.3) is 0 Å². The smallest absolute Gasteiger partial charge is 0.255 e. The molecule has 1 aromatic heterocycles. The Kier molecular flexibility index (Phi) is 6.03. The van der Waals surface area contributed by atoms with Crippen molar-refractivity contribution in [3.63, 3.8) is 0 Å². The molecule has 2 aromatic carbocycles. The minimum absolute atomic E-state index is 0.224. The summed E-state index contributed by atoms with van der Waals surface area (Å²) in [6, 6.07) is 16.6. The van der Waals surface area contributed by atoms with Crippen LogP contribution < -0.4 is 10.0 Å². The van der Waals surface area contributed by atoms with Gasteiger partial charge in [0.2, 0.25) is 10.0 Å². The van der Waals surface area contributed by atoms with Gasteiger partial charge in [0, 0.05) is 19.2 Å². The van der Waals surface area contributed by atoms with Crippen LogP contribution in [0.5, 0.6) is 0 Å². The molecule has 1 heterocycles. The number of rotatable bonds is 7. The predicted molar refractivity (Wildman–Crippen MR) is 113 cm³/mol. The van der Waals surface area contributed by atoms with Crippen LogP contribution >= 0.6 is 0 Å². The van der Waals surface area contributed by atoms with Crippen molar-refractivity contribution in [1.29, 1.82) is 0 Å². The Morgan fingerprint density at radius 2 is 1.86 bits per heavy atom. The number of benzene rings is 2. The lowest BCUT2D eigenvalue weighted by molar-refractivity contribution is 0.0939. The second kappa shape index (κ2) is 8.48. The number of hydrogen-bond acceptors (Lipinski definition) is 4. The van der Waals surface area contributed by atoms with Gasteiger partial charge in [-0.15, -0.1) is 0 Å². The van der Waals surface area contributed by atoms with Gasteiger partial charge in [0.25, 0.3) is 5.91 Å². The fourth-order valence-electron chi connectivity index (χ4n) is 3.09. The predicted octanol–water partition coefficient (Wildman–Crippen LogP) is 2.87. The molecule has 2 N–H and O–H groups in total. The van der Waals surface area contributed by atoms with Crippen molar-refractivity contribution in [3.8, 4) is 0 Å². The number of hydrogen-bond donors (Lipinski definition) is 2. The molecule has 0 saturated carbocycles. The Labute approximate surface area is 170 Å². The van der Waals surface area contributed by atoms with Gasteiger partial charge in [-0.2, -0.15) is 5.10 Å². The van der Waals surface area contributed by atoms with E-state index in [9.17, 15) is 13.2 Å². The lowest BCUT2D eigenvalue weighted by Crippen LogP contribution is -2.27. The van der Waals surface area contributed by atoms with Crippen molar-refractivity contribution < 1.29 is 13.2 Å². The highest BCUT2D eigenvalue weighted by Gasteiger charge is 2.19. The molecule has 3 aromatic rings. The highest BCUT2D eigenvalue weighted by Crippen LogP contribution is 2.20. The van der Waals surface area contributed by atoms with Crippen molar-refractivity contribution in [2.24, 2.45) is 7.05 Å². The molecule has 0 radical (unpaired) electrons. The minimum atomic E-state index is -3.37. The second-order valence-corrected chi connectivity index (χ2v) is 8.73. The Balaban J connectivity index is 1.76. The zero-order valence-corrected chi connectivity index (χ0v) is 17.4. The molecule has 1 unspecified atom stereocenters. The molecule has 0 spiro atoms. The first-order chi connectivity index (χ1) is 13.7. The number of nitrogens with zero attached hydrogens (tertiary/aromatic N) is 2. The van der Waals surface area contributed by atoms with Crippen molar-refractivity contribution in [2.45, 2.75) is 19.4 Å². The molecule has 0 aliphatic rings. The largest absolute Gasteiger partial charge is 0.345 e. The van der Waals surface area contributed by atoms with Crippen LogP contribution in [-0.2, 0) is 23.5 Å². The lowest BCUT2D eigenvalue weighted by Gasteiger charge is -2.16. The third kappa shape index (κ3) is 5.45. The highest BCUT2D eigenvalue weighted by atomic mass is 32.2. The number of amides is 1. The third-order valence-electron chi connectivity index (χ3n) is 4.56. The van der Waals surface area contributed by atoms with E-state index < -0.39 is 10.0 Å². The molecule has 29 heavy (non-hydrogen) atoms. The maximum atomic E-state index is 12.9. The van der Waals surface area contributed by atoms with E-state index in [1.165, 1.54) is 0 Å². The summed E-state index contributed by atoms with van der Waals surface area (Å²) < 4.78 is 27.0. The van der Waals surface area contributed by atoms with Gasteiger partial charge in [0.15, 0.2) is 0 Å². The first kappa shape index (κ1) is 20.6. The summed E-state index contributed by atoms with van der Waals surface area (Å²) in [7, 11) is -1.55. The van der Waals surface area contributed by atoms with Crippen LogP contribution in [0.15, 0.2) is 60.8 Å². The SMILES string of the molecule is CC(NC(=O)c1cnn(C)c1Cc1ccccc1)c1cccc(NS(C)(=O)=O)c1. The fraction of sp³-hybridized carbons (Fsp3) is 0.238. The molecular weight excluding hydrogens is 388 g/mol. The topological polar surface area (TPSA) is 93.1 Å². The molecule has 0 aliphatic heterocycles. The lowest BCUT2D eigenvalue weighted by atomic mass is 10.0. The normalized spacial score (nSPS) is 12.4. The summed E-state index contributed by atoms with van der Waals surface area (Å²) >= 11 is 0. The monoisotopic (exact) mass is 412 g/mol. The molecule has 3 rings (SSSR count). The Morgan fingerprint density at radius 1 is 1.14 bits per heavy atom. The van der Waals surface area contributed by atoms with Gasteiger partial charge in [0.05, 0.1) is 29.8 Å². The Hall–Kier alpha value is -3.13. The number of aromatic nitrogens is 2. The van der Waals surface area contributed by atoms with Gasteiger partial charge in [0.1, 0.15) is 0 Å². The summed E-state index contributed by atoms with van der Waals surface area (Å²) in [4.78, 5) is 12.9. The summed E-state index contributed by atoms with van der Waals surface area (Å²) in [6.07, 6.45) is 3.27. The van der Waals surface area contributed by atoms with Crippen LogP contribution in [0.4, 0.5) is 5.69 Å². The number of nitrogens with one attached hydrogen (secondary N) is 2. The molecule has 0 saturated heterocycles. The summed E-state index contributed by atoms with van der Waals surface area (Å²) in [5.41, 5.74) is 3.69. The molecule has 1 atom stereocenters. The van der Waals surface area contributed by atoms with E-state index in [0.717, 1.165) is 23.1 Å². The van der Waals surface area contributed by atoms with E-state index in [1.54, 1.807) is 29.1 Å². The maximum Gasteiger partial charge on any atom is 0.255 e. The van der Waals surface area contributed by atoms with E-state index in [1.807, 2.05) is 50.4 Å². The quantitative estimate of drug-likeness (QED) is 0.624. The zero-order valence-electron chi connectivity index (χ0n) is 16.6. The van der Waals surface area contributed by atoms with Crippen molar-refractivity contribution in [3.05, 3.63) is 83.2 Å². The number of carbonyl (C=O) groups is 1. The average molecular weight is 413 g/mol. The Bertz CT molecular complexity index is 1110. The molecular formula is C21H24N4O3S. The highest BCUT2D eigenvalue weighted by molar-refractivity contribution is 7.92. The van der Waals surface area contributed by atoms with E-state index in [2.05, 4.69) is 15.1 Å². The molecule has 1 amide bonds. The van der Waals surface area contributed by atoms with Gasteiger partial charge in [-0.1, -0.05) is 42.5 Å². The minimum Gasteiger partial charge on any atom is -0.345 e. The zero-order chi connectivity index (χ0) is 21.0. The van der Waals surface area contributed by atoms with Crippen molar-refractivity contribution in [2.75, 3.05) is 11.0 Å². The van der Waals surface area contributed by atoms with E-state index in [0.29, 0.717) is 17.7 Å². The standard InChI is InChI=1S/C21H24N4O3S/c1-15(17-10-7-11-18(13-17)24-29(3,27)28)23-21(26)19-14-22-25(2)20(19)12-16-8-5-4-6-9-16/h4-11,13-15,24H,12H2,1-3H3,(H,23,26). The fourth-order valence-corrected chi connectivity index (χ4v) is 3.65. The van der Waals surface area contributed by atoms with Crippen molar-refractivity contribution >= 4 is 21.6 Å². The van der Waals surface area contributed by atoms with Gasteiger partial charge >= 0.3 is 0 Å². The molecule has 8 heteroatoms. The van der Waals surface area contributed by atoms with E-state index in [-0.39, 0.29) is 11.9 Å². The van der Waals surface area contributed by atoms with E-state index in [4.69, 9.17) is 0 Å². The second-order valence-electron chi connectivity index (χ2n) is 6.99. The summed E-state index contributed by atoms with van der Waals surface area (Å²) in [5.74, 6) is -0.224. The molecule has 7 nitrogen and oxygen atoms in total. The molecule has 152 valence electrons. The number of anilines is 1. The van der Waals surface area contributed by atoms with Crippen LogP contribution in [0.1, 0.15) is 40.1 Å². The van der Waals surface area contributed by atoms with E-state index >= 15 is 0 Å². The first-order valence-electron chi connectivity index (χ1n) is 9.16. The van der Waals surface area contributed by atoms with Gasteiger partial charge in [-0.25, -0.2) is 8.42 Å². The van der Waals surface area contributed by atoms with Gasteiger partial charge < -0.3 is 5.32 Å². The van der Waals surface area contributed by atoms with Gasteiger partial charge in [-0.05, 0) is 30.2 Å². The third-order valence-corrected chi connectivity index (χ3v) is 5.16. The van der Waals surface area contributed by atoms with Crippen LogP contribution in [-0.4, -0.2) is 30.4 Å². The maximum absolute atomic E-state index is 12.9. The Morgan fingerprint density at radius 3 is 2.55 bits per heavy atom.